The number of β-amino-alcohol motifs (C(OH)–C–C–N with tert-alkyl or cyclic N) is 1. The highest BCUT2D eigenvalue weighted by molar-refractivity contribution is 8.02. The first kappa shape index (κ1) is 23.1. The second kappa shape index (κ2) is 7.86. The van der Waals surface area contributed by atoms with E-state index in [0.717, 1.165) is 6.42 Å². The predicted octanol–water partition coefficient (Wildman–Crippen LogP) is 1.84. The van der Waals surface area contributed by atoms with Gasteiger partial charge in [-0.2, -0.15) is 0 Å². The molecule has 2 bridgehead atoms. The van der Waals surface area contributed by atoms with Crippen LogP contribution < -0.4 is 0 Å². The molecule has 1 N–H and O–H groups in total. The number of fused-ring (bicyclic) bond motifs is 1. The maximum atomic E-state index is 13.9. The fraction of sp³-hybridized carbons (Fsp3) is 0.773. The van der Waals surface area contributed by atoms with Gasteiger partial charge in [-0.15, -0.1) is 18.3 Å². The van der Waals surface area contributed by atoms with Crippen molar-refractivity contribution in [2.75, 3.05) is 26.3 Å². The van der Waals surface area contributed by atoms with Crippen LogP contribution in [0.1, 0.15) is 47.5 Å². The first-order valence-electron chi connectivity index (χ1n) is 10.7. The molecule has 0 aromatic carbocycles. The topological polar surface area (TPSA) is 87.2 Å². The highest BCUT2D eigenvalue weighted by Gasteiger charge is 2.77. The van der Waals surface area contributed by atoms with Crippen LogP contribution in [-0.2, 0) is 19.1 Å². The van der Waals surface area contributed by atoms with Gasteiger partial charge in [0.15, 0.2) is 0 Å². The highest BCUT2D eigenvalue weighted by Crippen LogP contribution is 2.71. The van der Waals surface area contributed by atoms with Gasteiger partial charge in [-0.05, 0) is 47.5 Å². The van der Waals surface area contributed by atoms with Crippen molar-refractivity contribution in [1.82, 2.24) is 9.80 Å². The third-order valence-corrected chi connectivity index (χ3v) is 8.77. The zero-order valence-electron chi connectivity index (χ0n) is 18.6. The van der Waals surface area contributed by atoms with Crippen LogP contribution >= 0.6 is 11.8 Å². The summed E-state index contributed by atoms with van der Waals surface area (Å²) in [5.41, 5.74) is -0.459. The van der Waals surface area contributed by atoms with E-state index in [4.69, 9.17) is 4.74 Å². The van der Waals surface area contributed by atoms with Crippen LogP contribution in [0.5, 0.6) is 0 Å². The fourth-order valence-corrected chi connectivity index (χ4v) is 7.95. The van der Waals surface area contributed by atoms with Gasteiger partial charge in [0.1, 0.15) is 6.04 Å². The summed E-state index contributed by atoms with van der Waals surface area (Å²) in [5.74, 6) is -1.91. The van der Waals surface area contributed by atoms with Gasteiger partial charge in [-0.1, -0.05) is 6.08 Å². The predicted molar refractivity (Wildman–Crippen MR) is 116 cm³/mol. The van der Waals surface area contributed by atoms with E-state index in [0.29, 0.717) is 13.0 Å². The Kier molecular flexibility index (Phi) is 6.06. The van der Waals surface area contributed by atoms with E-state index in [1.54, 1.807) is 29.7 Å². The van der Waals surface area contributed by atoms with Gasteiger partial charge in [-0.3, -0.25) is 14.4 Å². The van der Waals surface area contributed by atoms with Gasteiger partial charge in [0, 0.05) is 23.4 Å². The van der Waals surface area contributed by atoms with Crippen LogP contribution in [-0.4, -0.2) is 80.1 Å². The van der Waals surface area contributed by atoms with Crippen molar-refractivity contribution in [3.05, 3.63) is 12.7 Å². The lowest BCUT2D eigenvalue weighted by Crippen LogP contribution is -2.59. The molecule has 1 spiro atoms. The summed E-state index contributed by atoms with van der Waals surface area (Å²) < 4.78 is 4.24. The number of carbonyl (C=O) groups excluding carboxylic acids is 3. The fourth-order valence-electron chi connectivity index (χ4n) is 5.61. The first-order chi connectivity index (χ1) is 14.0. The Morgan fingerprint density at radius 1 is 1.40 bits per heavy atom. The molecule has 3 heterocycles. The lowest BCUT2D eigenvalue weighted by molar-refractivity contribution is -0.155. The zero-order chi connectivity index (χ0) is 22.5. The molecule has 8 heteroatoms. The monoisotopic (exact) mass is 438 g/mol. The highest BCUT2D eigenvalue weighted by atomic mass is 32.2. The van der Waals surface area contributed by atoms with Gasteiger partial charge in [-0.25, -0.2) is 0 Å². The third-order valence-electron chi connectivity index (χ3n) is 6.78. The Labute approximate surface area is 183 Å². The second-order valence-electron chi connectivity index (χ2n) is 9.64. The van der Waals surface area contributed by atoms with E-state index >= 15 is 0 Å². The molecule has 0 saturated carbocycles. The Bertz CT molecular complexity index is 750. The van der Waals surface area contributed by atoms with E-state index in [2.05, 4.69) is 6.58 Å². The van der Waals surface area contributed by atoms with Crippen molar-refractivity contribution in [2.24, 2.45) is 11.8 Å². The molecule has 5 atom stereocenters. The van der Waals surface area contributed by atoms with E-state index in [9.17, 15) is 19.5 Å². The number of nitrogens with zero attached hydrogens (tertiary/aromatic N) is 2. The average molecular weight is 439 g/mol. The van der Waals surface area contributed by atoms with Gasteiger partial charge < -0.3 is 19.6 Å². The molecule has 0 aromatic heterocycles. The summed E-state index contributed by atoms with van der Waals surface area (Å²) in [6, 6.07) is -0.715. The molecule has 0 aromatic rings. The summed E-state index contributed by atoms with van der Waals surface area (Å²) in [6.45, 7) is 13.9. The standard InChI is InChI=1S/C22H34N2O5S/c1-7-11-24(20(3,4)5)18(27)16-22-10-9-21(6,30-22)15(19(28)29-8-2)14(22)17(26)23(16)12-13-25/h7,14-16,25H,1,8-13H2,2-6H3/t14-,15+,16?,21-,22?/m0/s1. The zero-order valence-corrected chi connectivity index (χ0v) is 19.5. The van der Waals surface area contributed by atoms with Crippen molar-refractivity contribution < 1.29 is 24.2 Å². The minimum absolute atomic E-state index is 0.0758. The molecule has 2 unspecified atom stereocenters. The molecule has 3 rings (SSSR count). The summed E-state index contributed by atoms with van der Waals surface area (Å²) in [7, 11) is 0. The Morgan fingerprint density at radius 2 is 2.07 bits per heavy atom. The maximum Gasteiger partial charge on any atom is 0.311 e. The lowest BCUT2D eigenvalue weighted by atomic mass is 9.66. The number of esters is 1. The van der Waals surface area contributed by atoms with E-state index < -0.39 is 32.9 Å². The Hall–Kier alpha value is -1.54. The molecular weight excluding hydrogens is 404 g/mol. The minimum atomic E-state index is -0.715. The minimum Gasteiger partial charge on any atom is -0.466 e. The quantitative estimate of drug-likeness (QED) is 0.482. The van der Waals surface area contributed by atoms with Crippen LogP contribution in [0.15, 0.2) is 12.7 Å². The maximum absolute atomic E-state index is 13.9. The summed E-state index contributed by atoms with van der Waals surface area (Å²) >= 11 is 1.61. The molecule has 3 fully saturated rings. The Morgan fingerprint density at radius 3 is 2.60 bits per heavy atom. The van der Waals surface area contributed by atoms with Crippen molar-refractivity contribution in [2.45, 2.75) is 68.5 Å². The van der Waals surface area contributed by atoms with Crippen molar-refractivity contribution in [3.8, 4) is 0 Å². The SMILES string of the molecule is C=CCN(C(=O)C1N(CCO)C(=O)[C@@H]2[C@H](C(=O)OCC)[C@]3(C)CCC12S3)C(C)(C)C. The largest absolute Gasteiger partial charge is 0.466 e. The van der Waals surface area contributed by atoms with Crippen LogP contribution in [0.3, 0.4) is 0 Å². The van der Waals surface area contributed by atoms with Gasteiger partial charge in [0.2, 0.25) is 11.8 Å². The van der Waals surface area contributed by atoms with E-state index in [1.807, 2.05) is 27.7 Å². The normalized spacial score (nSPS) is 34.8. The number of hydrogen-bond donors (Lipinski definition) is 1. The first-order valence-corrected chi connectivity index (χ1v) is 11.5. The van der Waals surface area contributed by atoms with E-state index in [-0.39, 0.29) is 37.5 Å². The molecule has 7 nitrogen and oxygen atoms in total. The molecule has 0 radical (unpaired) electrons. The van der Waals surface area contributed by atoms with Crippen molar-refractivity contribution >= 4 is 29.5 Å². The van der Waals surface area contributed by atoms with Crippen LogP contribution in [0, 0.1) is 11.8 Å². The molecule has 3 aliphatic heterocycles. The smallest absolute Gasteiger partial charge is 0.311 e. The van der Waals surface area contributed by atoms with Gasteiger partial charge in [0.05, 0.1) is 29.8 Å². The van der Waals surface area contributed by atoms with Crippen molar-refractivity contribution in [3.63, 3.8) is 0 Å². The van der Waals surface area contributed by atoms with Crippen LogP contribution in [0.2, 0.25) is 0 Å². The number of aliphatic hydroxyl groups is 1. The second-order valence-corrected chi connectivity index (χ2v) is 11.5. The lowest BCUT2D eigenvalue weighted by Gasteiger charge is -2.42. The number of likely N-dealkylation sites (tertiary alicyclic amines) is 1. The molecule has 2 amide bonds. The number of rotatable bonds is 7. The molecule has 168 valence electrons. The number of amides is 2. The number of thioether (sulfide) groups is 1. The molecule has 0 aliphatic carbocycles. The molecule has 3 aliphatic rings. The van der Waals surface area contributed by atoms with Crippen LogP contribution in [0.25, 0.3) is 0 Å². The number of ether oxygens (including phenoxy) is 1. The summed E-state index contributed by atoms with van der Waals surface area (Å²) in [5, 5.41) is 9.65. The van der Waals surface area contributed by atoms with Gasteiger partial charge in [0.25, 0.3) is 0 Å². The Balaban J connectivity index is 2.09. The molecular formula is C22H34N2O5S. The van der Waals surface area contributed by atoms with Crippen molar-refractivity contribution in [1.29, 1.82) is 0 Å². The summed E-state index contributed by atoms with van der Waals surface area (Å²) in [6.07, 6.45) is 3.12. The van der Waals surface area contributed by atoms with Gasteiger partial charge >= 0.3 is 5.97 Å². The number of aliphatic hydroxyl groups excluding tert-OH is 1. The van der Waals surface area contributed by atoms with Crippen LogP contribution in [0.4, 0.5) is 0 Å². The number of hydrogen-bond acceptors (Lipinski definition) is 6. The number of carbonyl (C=O) groups is 3. The van der Waals surface area contributed by atoms with E-state index in [1.165, 1.54) is 4.90 Å². The third kappa shape index (κ3) is 3.27. The molecule has 30 heavy (non-hydrogen) atoms. The summed E-state index contributed by atoms with van der Waals surface area (Å²) in [4.78, 5) is 43.6. The molecule has 3 saturated heterocycles. The average Bonchev–Trinajstić information content (AvgIpc) is 3.20.